The Bertz CT molecular complexity index is 1800. The maximum absolute atomic E-state index is 10.4. The first-order valence-corrected chi connectivity index (χ1v) is 14.1. The molecular weight excluding hydrogens is 583 g/mol. The Morgan fingerprint density at radius 3 is 1.37 bits per heavy atom. The summed E-state index contributed by atoms with van der Waals surface area (Å²) in [6, 6.07) is 32.6. The Kier molecular flexibility index (Phi) is 8.13. The molecule has 0 saturated carbocycles. The quantitative estimate of drug-likeness (QED) is 0.169. The summed E-state index contributed by atoms with van der Waals surface area (Å²) in [6.07, 6.45) is 3.67. The highest BCUT2D eigenvalue weighted by Crippen LogP contribution is 2.32. The second-order valence-electron chi connectivity index (χ2n) is 9.76. The van der Waals surface area contributed by atoms with E-state index in [1.54, 1.807) is 48.8 Å². The zero-order chi connectivity index (χ0) is 29.8. The topological polar surface area (TPSA) is 91.5 Å². The molecule has 2 heterocycles. The van der Waals surface area contributed by atoms with Crippen molar-refractivity contribution in [3.05, 3.63) is 142 Å². The van der Waals surface area contributed by atoms with Crippen LogP contribution in [0.3, 0.4) is 0 Å². The normalized spacial score (nSPS) is 11.6. The van der Waals surface area contributed by atoms with E-state index in [-0.39, 0.29) is 11.5 Å². The number of aliphatic imine (C=N–C) groups is 2. The molecule has 2 N–H and O–H groups in total. The van der Waals surface area contributed by atoms with Crippen LogP contribution < -0.4 is 0 Å². The molecule has 0 aliphatic carbocycles. The minimum absolute atomic E-state index is 0.0527. The Balaban J connectivity index is 1.15. The molecule has 0 radical (unpaired) electrons. The van der Waals surface area contributed by atoms with Crippen molar-refractivity contribution < 1.29 is 19.0 Å². The van der Waals surface area contributed by atoms with Crippen LogP contribution in [0.15, 0.2) is 128 Å². The highest BCUT2D eigenvalue weighted by Gasteiger charge is 2.08. The van der Waals surface area contributed by atoms with Crippen molar-refractivity contribution in [2.24, 2.45) is 9.98 Å². The smallest absolute Gasteiger partial charge is 0.145 e. The van der Waals surface area contributed by atoms with Crippen LogP contribution in [0, 0.1) is 0 Å². The first kappa shape index (κ1) is 28.1. The highest BCUT2D eigenvalue weighted by atomic mass is 35.5. The predicted molar refractivity (Wildman–Crippen MR) is 172 cm³/mol. The molecule has 0 atom stereocenters. The van der Waals surface area contributed by atoms with Gasteiger partial charge in [-0.05, 0) is 115 Å². The van der Waals surface area contributed by atoms with Gasteiger partial charge in [-0.1, -0.05) is 35.3 Å². The number of phenols is 2. The molecule has 4 aromatic carbocycles. The van der Waals surface area contributed by atoms with Crippen LogP contribution in [0.25, 0.3) is 22.6 Å². The van der Waals surface area contributed by atoms with Crippen LogP contribution in [-0.4, -0.2) is 22.6 Å². The molecule has 6 aromatic rings. The standard InChI is InChI=1S/C35H24Cl2N2O4/c36-26-7-3-24(4-8-26)34-15-11-28(42-34)20-38-30-18-22(1-13-32(30)40)17-23-2-14-33(41)31(19-23)39-21-29-12-16-35(43-29)25-5-9-27(37)10-6-25/h1-16,18-21,40-41H,17H2. The van der Waals surface area contributed by atoms with Gasteiger partial charge in [-0.3, -0.25) is 0 Å². The summed E-state index contributed by atoms with van der Waals surface area (Å²) in [5, 5.41) is 22.1. The minimum Gasteiger partial charge on any atom is -0.506 e. The summed E-state index contributed by atoms with van der Waals surface area (Å²) in [5.41, 5.74) is 4.47. The molecule has 212 valence electrons. The Morgan fingerprint density at radius 2 is 0.953 bits per heavy atom. The largest absolute Gasteiger partial charge is 0.506 e. The molecule has 0 bridgehead atoms. The summed E-state index contributed by atoms with van der Waals surface area (Å²) in [4.78, 5) is 8.90. The first-order valence-electron chi connectivity index (χ1n) is 13.3. The third kappa shape index (κ3) is 6.89. The molecule has 0 amide bonds. The van der Waals surface area contributed by atoms with Gasteiger partial charge in [-0.25, -0.2) is 9.98 Å². The van der Waals surface area contributed by atoms with Gasteiger partial charge in [0.1, 0.15) is 45.9 Å². The van der Waals surface area contributed by atoms with E-state index in [4.69, 9.17) is 32.0 Å². The molecular formula is C35H24Cl2N2O4. The zero-order valence-electron chi connectivity index (χ0n) is 22.6. The molecule has 8 heteroatoms. The van der Waals surface area contributed by atoms with E-state index in [2.05, 4.69) is 9.98 Å². The second kappa shape index (κ2) is 12.4. The van der Waals surface area contributed by atoms with E-state index in [9.17, 15) is 10.2 Å². The SMILES string of the molecule is Oc1ccc(Cc2ccc(O)c(N=Cc3ccc(-c4ccc(Cl)cc4)o3)c2)cc1N=Cc1ccc(-c2ccc(Cl)cc2)o1. The molecule has 43 heavy (non-hydrogen) atoms. The van der Waals surface area contributed by atoms with Crippen molar-refractivity contribution in [3.63, 3.8) is 0 Å². The van der Waals surface area contributed by atoms with E-state index in [1.165, 1.54) is 0 Å². The Hall–Kier alpha value is -5.04. The van der Waals surface area contributed by atoms with Crippen molar-refractivity contribution in [1.29, 1.82) is 0 Å². The zero-order valence-corrected chi connectivity index (χ0v) is 24.1. The summed E-state index contributed by atoms with van der Waals surface area (Å²) >= 11 is 12.0. The van der Waals surface area contributed by atoms with Crippen molar-refractivity contribution in [2.45, 2.75) is 6.42 Å². The predicted octanol–water partition coefficient (Wildman–Crippen LogP) is 10.0. The average molecular weight is 607 g/mol. The first-order chi connectivity index (χ1) is 20.9. The molecule has 0 aliphatic rings. The van der Waals surface area contributed by atoms with Crippen LogP contribution in [0.2, 0.25) is 10.0 Å². The molecule has 6 nitrogen and oxygen atoms in total. The summed E-state index contributed by atoms with van der Waals surface area (Å²) < 4.78 is 11.8. The van der Waals surface area contributed by atoms with Gasteiger partial charge in [0.2, 0.25) is 0 Å². The molecule has 2 aromatic heterocycles. The number of furan rings is 2. The maximum atomic E-state index is 10.4. The minimum atomic E-state index is 0.0527. The molecule has 0 fully saturated rings. The van der Waals surface area contributed by atoms with Crippen molar-refractivity contribution >= 4 is 47.0 Å². The van der Waals surface area contributed by atoms with Crippen LogP contribution in [0.5, 0.6) is 11.5 Å². The molecule has 0 saturated heterocycles. The number of rotatable bonds is 8. The fourth-order valence-electron chi connectivity index (χ4n) is 4.45. The number of phenolic OH excluding ortho intramolecular Hbond substituents is 2. The van der Waals surface area contributed by atoms with Gasteiger partial charge in [0.05, 0.1) is 12.4 Å². The number of nitrogens with zero attached hydrogens (tertiary/aromatic N) is 2. The summed E-state index contributed by atoms with van der Waals surface area (Å²) in [6.45, 7) is 0. The van der Waals surface area contributed by atoms with Gasteiger partial charge in [-0.15, -0.1) is 0 Å². The Labute approximate surface area is 257 Å². The summed E-state index contributed by atoms with van der Waals surface area (Å²) in [5.74, 6) is 2.58. The third-order valence-electron chi connectivity index (χ3n) is 6.66. The fourth-order valence-corrected chi connectivity index (χ4v) is 4.70. The molecule has 0 spiro atoms. The lowest BCUT2D eigenvalue weighted by Crippen LogP contribution is -1.88. The van der Waals surface area contributed by atoms with E-state index in [0.29, 0.717) is 50.9 Å². The monoisotopic (exact) mass is 606 g/mol. The van der Waals surface area contributed by atoms with Crippen LogP contribution in [0.4, 0.5) is 11.4 Å². The van der Waals surface area contributed by atoms with Gasteiger partial charge in [0, 0.05) is 21.2 Å². The van der Waals surface area contributed by atoms with Crippen molar-refractivity contribution in [1.82, 2.24) is 0 Å². The second-order valence-corrected chi connectivity index (χ2v) is 10.6. The lowest BCUT2D eigenvalue weighted by molar-refractivity contribution is 0.476. The highest BCUT2D eigenvalue weighted by molar-refractivity contribution is 6.30. The van der Waals surface area contributed by atoms with Crippen LogP contribution >= 0.6 is 23.2 Å². The van der Waals surface area contributed by atoms with Gasteiger partial charge in [0.15, 0.2) is 0 Å². The molecule has 6 rings (SSSR count). The average Bonchev–Trinajstić information content (AvgIpc) is 3.69. The van der Waals surface area contributed by atoms with Gasteiger partial charge >= 0.3 is 0 Å². The van der Waals surface area contributed by atoms with Crippen LogP contribution in [-0.2, 0) is 6.42 Å². The van der Waals surface area contributed by atoms with E-state index < -0.39 is 0 Å². The fraction of sp³-hybridized carbons (Fsp3) is 0.0286. The number of halogens is 2. The van der Waals surface area contributed by atoms with E-state index >= 15 is 0 Å². The van der Waals surface area contributed by atoms with E-state index in [0.717, 1.165) is 22.3 Å². The number of aromatic hydroxyl groups is 2. The van der Waals surface area contributed by atoms with Gasteiger partial charge in [-0.2, -0.15) is 0 Å². The maximum Gasteiger partial charge on any atom is 0.145 e. The Morgan fingerprint density at radius 1 is 0.535 bits per heavy atom. The lowest BCUT2D eigenvalue weighted by Gasteiger charge is -2.07. The van der Waals surface area contributed by atoms with Crippen molar-refractivity contribution in [3.8, 4) is 34.1 Å². The van der Waals surface area contributed by atoms with Gasteiger partial charge in [0.25, 0.3) is 0 Å². The third-order valence-corrected chi connectivity index (χ3v) is 7.16. The molecule has 0 aliphatic heterocycles. The summed E-state index contributed by atoms with van der Waals surface area (Å²) in [7, 11) is 0. The number of hydrogen-bond acceptors (Lipinski definition) is 6. The number of benzene rings is 4. The van der Waals surface area contributed by atoms with E-state index in [1.807, 2.05) is 72.8 Å². The van der Waals surface area contributed by atoms with Gasteiger partial charge < -0.3 is 19.0 Å². The molecule has 0 unspecified atom stereocenters. The van der Waals surface area contributed by atoms with Crippen molar-refractivity contribution in [2.75, 3.05) is 0 Å². The lowest BCUT2D eigenvalue weighted by atomic mass is 10.0. The number of hydrogen-bond donors (Lipinski definition) is 2. The van der Waals surface area contributed by atoms with Crippen LogP contribution in [0.1, 0.15) is 22.6 Å².